The molecule has 0 aliphatic rings. The number of alkyl halides is 3. The first kappa shape index (κ1) is 19.7. The van der Waals surface area contributed by atoms with Crippen LogP contribution in [0.25, 0.3) is 0 Å². The fraction of sp³-hybridized carbons (Fsp3) is 0.125. The lowest BCUT2D eigenvalue weighted by Gasteiger charge is -1.99. The average Bonchev–Trinajstić information content (AvgIpc) is 2.47. The molecule has 2 rings (SSSR count). The van der Waals surface area contributed by atoms with Crippen LogP contribution in [0.5, 0.6) is 0 Å². The van der Waals surface area contributed by atoms with Gasteiger partial charge in [-0.1, -0.05) is 103 Å². The average molecular weight is 346 g/mol. The molecule has 0 radical (unpaired) electrons. The van der Waals surface area contributed by atoms with Crippen LogP contribution in [0.1, 0.15) is 28.1 Å². The molecular formula is C16H15Cl3O2. The molecule has 0 aromatic heterocycles. The van der Waals surface area contributed by atoms with E-state index in [1.807, 2.05) is 12.1 Å². The number of rotatable bonds is 3. The van der Waals surface area contributed by atoms with Gasteiger partial charge >= 0.3 is 0 Å². The first-order chi connectivity index (χ1) is 9.52. The Labute approximate surface area is 139 Å². The summed E-state index contributed by atoms with van der Waals surface area (Å²) in [6.45, 7) is 0. The van der Waals surface area contributed by atoms with Gasteiger partial charge in [0.1, 0.15) is 0 Å². The number of halogens is 3. The summed E-state index contributed by atoms with van der Waals surface area (Å²) in [5.74, 6) is -0.932. The Morgan fingerprint density at radius 3 is 1.14 bits per heavy atom. The van der Waals surface area contributed by atoms with Crippen LogP contribution in [-0.4, -0.2) is 15.9 Å². The molecule has 0 N–H and O–H groups in total. The molecule has 0 bridgehead atoms. The third-order valence-electron chi connectivity index (χ3n) is 2.28. The fourth-order valence-electron chi connectivity index (χ4n) is 1.44. The number of Topliss-reactive ketones (excluding diaryl/α,β-unsaturated/α-hetero) is 2. The van der Waals surface area contributed by atoms with Gasteiger partial charge in [0.25, 0.3) is 0 Å². The second-order valence-electron chi connectivity index (χ2n) is 3.64. The van der Waals surface area contributed by atoms with Gasteiger partial charge in [0.15, 0.2) is 4.30 Å². The number of hydrogen-bond donors (Lipinski definition) is 0. The van der Waals surface area contributed by atoms with Gasteiger partial charge in [0.2, 0.25) is 11.6 Å². The number of benzene rings is 2. The van der Waals surface area contributed by atoms with E-state index in [1.165, 1.54) is 0 Å². The molecule has 21 heavy (non-hydrogen) atoms. The first-order valence-electron chi connectivity index (χ1n) is 5.63. The summed E-state index contributed by atoms with van der Waals surface area (Å²) in [5.41, 5.74) is 0.854. The largest absolute Gasteiger partial charge is 0.285 e. The zero-order chi connectivity index (χ0) is 15.0. The molecule has 0 spiro atoms. The number of ketones is 2. The zero-order valence-corrected chi connectivity index (χ0v) is 12.6. The smallest absolute Gasteiger partial charge is 0.233 e. The van der Waals surface area contributed by atoms with E-state index in [2.05, 4.69) is 0 Å². The summed E-state index contributed by atoms with van der Waals surface area (Å²) in [6.07, 6.45) is 0. The van der Waals surface area contributed by atoms with Gasteiger partial charge in [-0.15, -0.1) is 0 Å². The number of carbonyl (C=O) groups is 2. The minimum atomic E-state index is -0.750. The predicted octanol–water partition coefficient (Wildman–Crippen LogP) is 5.37. The van der Waals surface area contributed by atoms with E-state index in [9.17, 15) is 9.59 Å². The Balaban J connectivity index is 0.000000715. The van der Waals surface area contributed by atoms with E-state index in [4.69, 9.17) is 34.8 Å². The maximum Gasteiger partial charge on any atom is 0.233 e. The first-order valence-corrected chi connectivity index (χ1v) is 6.94. The maximum atomic E-state index is 11.8. The molecule has 0 amide bonds. The van der Waals surface area contributed by atoms with Crippen molar-refractivity contribution in [2.45, 2.75) is 11.7 Å². The highest BCUT2D eigenvalue weighted by Gasteiger charge is 2.16. The fourth-order valence-corrected chi connectivity index (χ4v) is 1.44. The molecule has 0 aliphatic carbocycles. The summed E-state index contributed by atoms with van der Waals surface area (Å²) in [4.78, 5) is 23.6. The molecule has 5 heteroatoms. The summed E-state index contributed by atoms with van der Waals surface area (Å²) >= 11 is 14.4. The Morgan fingerprint density at radius 2 is 0.905 bits per heavy atom. The second-order valence-corrected chi connectivity index (χ2v) is 5.62. The molecule has 112 valence electrons. The standard InChI is InChI=1S/C14H10O2.CHCl3.CH4/c15-13(11-7-3-1-4-8-11)14(16)12-9-5-2-6-10-12;2-1(3)4;/h1-10H;1H;1H4. The molecule has 0 saturated heterocycles. The zero-order valence-electron chi connectivity index (χ0n) is 10.3. The lowest BCUT2D eigenvalue weighted by atomic mass is 10.0. The van der Waals surface area contributed by atoms with Crippen molar-refractivity contribution < 1.29 is 9.59 Å². The van der Waals surface area contributed by atoms with Crippen LogP contribution in [0, 0.1) is 0 Å². The highest BCUT2D eigenvalue weighted by Crippen LogP contribution is 2.07. The summed E-state index contributed by atoms with van der Waals surface area (Å²) in [7, 11) is 0. The van der Waals surface area contributed by atoms with Crippen LogP contribution in [0.4, 0.5) is 0 Å². The van der Waals surface area contributed by atoms with Crippen LogP contribution in [0.2, 0.25) is 0 Å². The number of carbonyl (C=O) groups excluding carboxylic acids is 2. The van der Waals surface area contributed by atoms with Crippen molar-refractivity contribution in [2.75, 3.05) is 0 Å². The molecule has 0 fully saturated rings. The molecule has 0 atom stereocenters. The molecule has 2 aromatic carbocycles. The Kier molecular flexibility index (Phi) is 9.72. The maximum absolute atomic E-state index is 11.8. The molecular weight excluding hydrogens is 331 g/mol. The van der Waals surface area contributed by atoms with Crippen molar-refractivity contribution in [2.24, 2.45) is 0 Å². The lowest BCUT2D eigenvalue weighted by molar-refractivity contribution is 0.0817. The molecule has 0 heterocycles. The highest BCUT2D eigenvalue weighted by atomic mass is 35.6. The Morgan fingerprint density at radius 1 is 0.667 bits per heavy atom. The minimum absolute atomic E-state index is 0. The summed E-state index contributed by atoms with van der Waals surface area (Å²) in [5, 5.41) is 0. The topological polar surface area (TPSA) is 34.1 Å². The molecule has 0 aliphatic heterocycles. The minimum Gasteiger partial charge on any atom is -0.285 e. The van der Waals surface area contributed by atoms with Gasteiger partial charge in [0, 0.05) is 11.1 Å². The second kappa shape index (κ2) is 10.4. The van der Waals surface area contributed by atoms with Gasteiger partial charge in [-0.3, -0.25) is 9.59 Å². The van der Waals surface area contributed by atoms with E-state index >= 15 is 0 Å². The quantitative estimate of drug-likeness (QED) is 0.425. The van der Waals surface area contributed by atoms with E-state index < -0.39 is 15.9 Å². The van der Waals surface area contributed by atoms with E-state index in [0.29, 0.717) is 11.1 Å². The summed E-state index contributed by atoms with van der Waals surface area (Å²) < 4.78 is -0.750. The lowest BCUT2D eigenvalue weighted by Crippen LogP contribution is -2.14. The predicted molar refractivity (Wildman–Crippen MR) is 89.6 cm³/mol. The third-order valence-corrected chi connectivity index (χ3v) is 2.28. The van der Waals surface area contributed by atoms with Crippen molar-refractivity contribution in [3.05, 3.63) is 71.8 Å². The van der Waals surface area contributed by atoms with Gasteiger partial charge in [0.05, 0.1) is 0 Å². The Bertz CT molecular complexity index is 502. The van der Waals surface area contributed by atoms with Crippen LogP contribution in [-0.2, 0) is 0 Å². The summed E-state index contributed by atoms with van der Waals surface area (Å²) in [6, 6.07) is 17.2. The van der Waals surface area contributed by atoms with Crippen LogP contribution >= 0.6 is 34.8 Å². The van der Waals surface area contributed by atoms with Gasteiger partial charge in [-0.05, 0) is 0 Å². The van der Waals surface area contributed by atoms with Crippen molar-refractivity contribution in [1.29, 1.82) is 0 Å². The molecule has 0 unspecified atom stereocenters. The monoisotopic (exact) mass is 344 g/mol. The van der Waals surface area contributed by atoms with Crippen molar-refractivity contribution in [3.63, 3.8) is 0 Å². The van der Waals surface area contributed by atoms with Crippen molar-refractivity contribution >= 4 is 46.4 Å². The van der Waals surface area contributed by atoms with Crippen molar-refractivity contribution in [3.8, 4) is 0 Å². The SMILES string of the molecule is C.ClC(Cl)Cl.O=C(C(=O)c1ccccc1)c1ccccc1. The van der Waals surface area contributed by atoms with Gasteiger partial charge in [-0.2, -0.15) is 0 Å². The van der Waals surface area contributed by atoms with E-state index in [-0.39, 0.29) is 7.43 Å². The van der Waals surface area contributed by atoms with Crippen molar-refractivity contribution in [1.82, 2.24) is 0 Å². The molecule has 2 nitrogen and oxygen atoms in total. The van der Waals surface area contributed by atoms with E-state index in [1.54, 1.807) is 48.5 Å². The highest BCUT2D eigenvalue weighted by molar-refractivity contribution is 6.63. The van der Waals surface area contributed by atoms with E-state index in [0.717, 1.165) is 0 Å². The third kappa shape index (κ3) is 7.28. The molecule has 2 aromatic rings. The normalized spacial score (nSPS) is 9.14. The van der Waals surface area contributed by atoms with Gasteiger partial charge in [-0.25, -0.2) is 0 Å². The van der Waals surface area contributed by atoms with Gasteiger partial charge < -0.3 is 0 Å². The number of hydrogen-bond acceptors (Lipinski definition) is 2. The van der Waals surface area contributed by atoms with Crippen LogP contribution in [0.15, 0.2) is 60.7 Å². The Hall–Kier alpha value is -1.35. The van der Waals surface area contributed by atoms with Crippen LogP contribution in [0.3, 0.4) is 0 Å². The molecule has 0 saturated carbocycles. The van der Waals surface area contributed by atoms with Crippen LogP contribution < -0.4 is 0 Å².